The van der Waals surface area contributed by atoms with Gasteiger partial charge in [0.15, 0.2) is 0 Å². The number of rotatable bonds is 2. The predicted molar refractivity (Wildman–Crippen MR) is 60.8 cm³/mol. The summed E-state index contributed by atoms with van der Waals surface area (Å²) in [6.07, 6.45) is 1.18. The summed E-state index contributed by atoms with van der Waals surface area (Å²) in [5.74, 6) is 0.631. The molecule has 2 N–H and O–H groups in total. The Labute approximate surface area is 89.7 Å². The second-order valence-electron chi connectivity index (χ2n) is 3.79. The van der Waals surface area contributed by atoms with E-state index < -0.39 is 0 Å². The molecule has 0 bridgehead atoms. The van der Waals surface area contributed by atoms with Crippen LogP contribution in [0.15, 0.2) is 24.3 Å². The summed E-state index contributed by atoms with van der Waals surface area (Å²) >= 11 is 6.12. The zero-order valence-electron chi connectivity index (χ0n) is 8.12. The second kappa shape index (κ2) is 4.20. The van der Waals surface area contributed by atoms with E-state index in [1.807, 2.05) is 18.2 Å². The molecule has 1 aliphatic heterocycles. The molecule has 2 rings (SSSR count). The maximum atomic E-state index is 6.12. The zero-order chi connectivity index (χ0) is 9.97. The summed E-state index contributed by atoms with van der Waals surface area (Å²) < 4.78 is 0. The predicted octanol–water partition coefficient (Wildman–Crippen LogP) is 2.12. The minimum Gasteiger partial charge on any atom is -0.370 e. The van der Waals surface area contributed by atoms with Crippen molar-refractivity contribution in [2.75, 3.05) is 24.5 Å². The van der Waals surface area contributed by atoms with Crippen LogP contribution in [0.2, 0.25) is 5.02 Å². The third-order valence-corrected chi connectivity index (χ3v) is 3.13. The molecule has 1 fully saturated rings. The Morgan fingerprint density at radius 2 is 2.21 bits per heavy atom. The molecule has 1 heterocycles. The quantitative estimate of drug-likeness (QED) is 0.811. The molecule has 0 unspecified atom stereocenters. The first-order valence-corrected chi connectivity index (χ1v) is 5.38. The lowest BCUT2D eigenvalue weighted by Gasteiger charge is -2.19. The lowest BCUT2D eigenvalue weighted by Crippen LogP contribution is -2.22. The Kier molecular flexibility index (Phi) is 2.94. The van der Waals surface area contributed by atoms with Gasteiger partial charge in [-0.05, 0) is 31.0 Å². The van der Waals surface area contributed by atoms with Crippen LogP contribution in [-0.2, 0) is 0 Å². The van der Waals surface area contributed by atoms with Crippen molar-refractivity contribution >= 4 is 17.3 Å². The number of nitrogens with two attached hydrogens (primary N) is 1. The molecular weight excluding hydrogens is 196 g/mol. The Morgan fingerprint density at radius 1 is 1.43 bits per heavy atom. The monoisotopic (exact) mass is 210 g/mol. The lowest BCUT2D eigenvalue weighted by atomic mass is 10.1. The number of halogens is 1. The van der Waals surface area contributed by atoms with Crippen LogP contribution >= 0.6 is 11.6 Å². The highest BCUT2D eigenvalue weighted by Crippen LogP contribution is 2.29. The number of anilines is 1. The van der Waals surface area contributed by atoms with E-state index in [1.165, 1.54) is 6.42 Å². The first kappa shape index (κ1) is 9.81. The van der Waals surface area contributed by atoms with Crippen LogP contribution in [0.4, 0.5) is 5.69 Å². The molecule has 14 heavy (non-hydrogen) atoms. The van der Waals surface area contributed by atoms with Crippen molar-refractivity contribution in [1.82, 2.24) is 0 Å². The average molecular weight is 211 g/mol. The zero-order valence-corrected chi connectivity index (χ0v) is 8.87. The largest absolute Gasteiger partial charge is 0.370 e. The van der Waals surface area contributed by atoms with Crippen LogP contribution in [-0.4, -0.2) is 19.6 Å². The van der Waals surface area contributed by atoms with E-state index in [-0.39, 0.29) is 0 Å². The van der Waals surface area contributed by atoms with Crippen molar-refractivity contribution in [3.8, 4) is 0 Å². The van der Waals surface area contributed by atoms with E-state index in [1.54, 1.807) is 0 Å². The van der Waals surface area contributed by atoms with Crippen LogP contribution in [0.1, 0.15) is 6.42 Å². The Bertz CT molecular complexity index is 314. The molecule has 76 valence electrons. The smallest absolute Gasteiger partial charge is 0.0639 e. The van der Waals surface area contributed by atoms with Crippen LogP contribution in [0.3, 0.4) is 0 Å². The van der Waals surface area contributed by atoms with Crippen molar-refractivity contribution in [3.05, 3.63) is 29.3 Å². The van der Waals surface area contributed by atoms with E-state index in [4.69, 9.17) is 17.3 Å². The van der Waals surface area contributed by atoms with Gasteiger partial charge in [-0.3, -0.25) is 0 Å². The highest BCUT2D eigenvalue weighted by atomic mass is 35.5. The summed E-state index contributed by atoms with van der Waals surface area (Å²) in [5, 5.41) is 0.838. The van der Waals surface area contributed by atoms with Gasteiger partial charge < -0.3 is 10.6 Å². The van der Waals surface area contributed by atoms with Crippen molar-refractivity contribution in [3.63, 3.8) is 0 Å². The van der Waals surface area contributed by atoms with Gasteiger partial charge >= 0.3 is 0 Å². The van der Waals surface area contributed by atoms with Gasteiger partial charge in [-0.2, -0.15) is 0 Å². The fraction of sp³-hybridized carbons (Fsp3) is 0.455. The molecule has 0 saturated carbocycles. The normalized spacial score (nSPS) is 21.6. The van der Waals surface area contributed by atoms with Gasteiger partial charge in [0.05, 0.1) is 10.7 Å². The minimum absolute atomic E-state index is 0.631. The molecule has 2 nitrogen and oxygen atoms in total. The standard InChI is InChI=1S/C11H15ClN2/c12-10-3-1-2-4-11(10)14-6-5-9(7-13)8-14/h1-4,9H,5-8,13H2/t9-/m0/s1. The van der Waals surface area contributed by atoms with Crippen LogP contribution < -0.4 is 10.6 Å². The molecule has 3 heteroatoms. The van der Waals surface area contributed by atoms with Gasteiger partial charge in [-0.15, -0.1) is 0 Å². The van der Waals surface area contributed by atoms with Crippen LogP contribution in [0.5, 0.6) is 0 Å². The second-order valence-corrected chi connectivity index (χ2v) is 4.20. The SMILES string of the molecule is NC[C@@H]1CCN(c2ccccc2Cl)C1. The van der Waals surface area contributed by atoms with Crippen molar-refractivity contribution in [2.24, 2.45) is 11.7 Å². The van der Waals surface area contributed by atoms with Crippen LogP contribution in [0, 0.1) is 5.92 Å². The van der Waals surface area contributed by atoms with E-state index in [2.05, 4.69) is 11.0 Å². The lowest BCUT2D eigenvalue weighted by molar-refractivity contribution is 0.602. The molecule has 1 aliphatic rings. The van der Waals surface area contributed by atoms with E-state index in [0.717, 1.165) is 30.3 Å². The number of benzene rings is 1. The minimum atomic E-state index is 0.631. The number of hydrogen-bond acceptors (Lipinski definition) is 2. The Hall–Kier alpha value is -0.730. The van der Waals surface area contributed by atoms with Gasteiger partial charge in [0.1, 0.15) is 0 Å². The Balaban J connectivity index is 2.13. The first-order valence-electron chi connectivity index (χ1n) is 5.01. The number of para-hydroxylation sites is 1. The number of hydrogen-bond donors (Lipinski definition) is 1. The van der Waals surface area contributed by atoms with Crippen molar-refractivity contribution in [2.45, 2.75) is 6.42 Å². The third kappa shape index (κ3) is 1.86. The van der Waals surface area contributed by atoms with Crippen molar-refractivity contribution in [1.29, 1.82) is 0 Å². The average Bonchev–Trinajstić information content (AvgIpc) is 2.67. The van der Waals surface area contributed by atoms with Crippen LogP contribution in [0.25, 0.3) is 0 Å². The van der Waals surface area contributed by atoms with Gasteiger partial charge in [0, 0.05) is 13.1 Å². The topological polar surface area (TPSA) is 29.3 Å². The molecule has 0 aliphatic carbocycles. The Morgan fingerprint density at radius 3 is 2.86 bits per heavy atom. The summed E-state index contributed by atoms with van der Waals surface area (Å²) in [4.78, 5) is 2.32. The first-order chi connectivity index (χ1) is 6.81. The molecule has 1 atom stereocenters. The molecular formula is C11H15ClN2. The molecule has 0 amide bonds. The highest BCUT2D eigenvalue weighted by molar-refractivity contribution is 6.33. The highest BCUT2D eigenvalue weighted by Gasteiger charge is 2.22. The maximum Gasteiger partial charge on any atom is 0.0639 e. The van der Waals surface area contributed by atoms with Crippen molar-refractivity contribution < 1.29 is 0 Å². The summed E-state index contributed by atoms with van der Waals surface area (Å²) in [7, 11) is 0. The summed E-state index contributed by atoms with van der Waals surface area (Å²) in [6, 6.07) is 7.99. The molecule has 0 spiro atoms. The summed E-state index contributed by atoms with van der Waals surface area (Å²) in [5.41, 5.74) is 6.80. The van der Waals surface area contributed by atoms with E-state index >= 15 is 0 Å². The fourth-order valence-electron chi connectivity index (χ4n) is 1.95. The maximum absolute atomic E-state index is 6.12. The molecule has 1 saturated heterocycles. The molecule has 0 aromatic heterocycles. The van der Waals surface area contributed by atoms with Gasteiger partial charge in [-0.25, -0.2) is 0 Å². The molecule has 1 aromatic carbocycles. The molecule has 0 radical (unpaired) electrons. The van der Waals surface area contributed by atoms with Gasteiger partial charge in [0.2, 0.25) is 0 Å². The van der Waals surface area contributed by atoms with Gasteiger partial charge in [0.25, 0.3) is 0 Å². The molecule has 1 aromatic rings. The van der Waals surface area contributed by atoms with E-state index in [0.29, 0.717) is 5.92 Å². The third-order valence-electron chi connectivity index (χ3n) is 2.81. The summed E-state index contributed by atoms with van der Waals surface area (Å²) in [6.45, 7) is 2.90. The van der Waals surface area contributed by atoms with Gasteiger partial charge in [-0.1, -0.05) is 23.7 Å². The number of nitrogens with zero attached hydrogens (tertiary/aromatic N) is 1. The fourth-order valence-corrected chi connectivity index (χ4v) is 2.21. The van der Waals surface area contributed by atoms with E-state index in [9.17, 15) is 0 Å².